The van der Waals surface area contributed by atoms with Crippen LogP contribution in [0.2, 0.25) is 0 Å². The van der Waals surface area contributed by atoms with Crippen LogP contribution in [0, 0.1) is 0 Å². The standard InChI is InChI=1S/C49H36O.C2H6.H4N2/c1-3-13-35(14-4-1)36-25-27-39(28-26-36)43(37-15-5-2-6-16-37)30-24-34-12-9-18-40(32-34)41-19-10-20-42(33-41)45-22-11-23-46-48-44-21-8-7-17-38(44)29-31-47(48)50-49(45)46;2*1-2/h1-7,9-20,22-23,25-33H,8,21,24H2;1-2H3;1-2H2/b43-30+;;. The van der Waals surface area contributed by atoms with Crippen LogP contribution in [-0.4, -0.2) is 0 Å². The van der Waals surface area contributed by atoms with Crippen LogP contribution in [0.3, 0.4) is 0 Å². The van der Waals surface area contributed by atoms with Crippen LogP contribution in [0.5, 0.6) is 0 Å². The summed E-state index contributed by atoms with van der Waals surface area (Å²) in [5.74, 6) is 8.00. The summed E-state index contributed by atoms with van der Waals surface area (Å²) in [6.45, 7) is 4.00. The average molecular weight is 703 g/mol. The molecule has 9 rings (SSSR count). The highest BCUT2D eigenvalue weighted by Crippen LogP contribution is 2.40. The molecule has 0 saturated heterocycles. The number of para-hydroxylation sites is 1. The van der Waals surface area contributed by atoms with Crippen LogP contribution in [0.1, 0.15) is 48.1 Å². The third kappa shape index (κ3) is 7.47. The van der Waals surface area contributed by atoms with E-state index in [0.717, 1.165) is 41.6 Å². The number of hydrogen-bond acceptors (Lipinski definition) is 3. The first-order valence-corrected chi connectivity index (χ1v) is 18.9. The smallest absolute Gasteiger partial charge is 0.143 e. The summed E-state index contributed by atoms with van der Waals surface area (Å²) >= 11 is 0. The predicted molar refractivity (Wildman–Crippen MR) is 231 cm³/mol. The fourth-order valence-electron chi connectivity index (χ4n) is 7.52. The fourth-order valence-corrected chi connectivity index (χ4v) is 7.52. The van der Waals surface area contributed by atoms with E-state index in [2.05, 4.69) is 194 Å². The van der Waals surface area contributed by atoms with Gasteiger partial charge in [0.2, 0.25) is 0 Å². The Balaban J connectivity index is 0.00000109. The lowest BCUT2D eigenvalue weighted by atomic mass is 9.92. The number of nitrogens with two attached hydrogens (primary N) is 2. The van der Waals surface area contributed by atoms with Crippen molar-refractivity contribution >= 4 is 33.6 Å². The van der Waals surface area contributed by atoms with E-state index in [9.17, 15) is 0 Å². The van der Waals surface area contributed by atoms with Gasteiger partial charge in [-0.1, -0.05) is 184 Å². The quantitative estimate of drug-likeness (QED) is 0.128. The molecule has 3 heteroatoms. The highest BCUT2D eigenvalue weighted by atomic mass is 16.3. The number of benzene rings is 7. The average Bonchev–Trinajstić information content (AvgIpc) is 3.66. The fraction of sp³-hybridized carbons (Fsp3) is 0.0980. The van der Waals surface area contributed by atoms with Crippen LogP contribution in [0.15, 0.2) is 180 Å². The predicted octanol–water partition coefficient (Wildman–Crippen LogP) is 13.1. The Morgan fingerprint density at radius 1 is 0.593 bits per heavy atom. The summed E-state index contributed by atoms with van der Waals surface area (Å²) in [7, 11) is 0. The van der Waals surface area contributed by atoms with Gasteiger partial charge in [0.05, 0.1) is 0 Å². The van der Waals surface area contributed by atoms with Gasteiger partial charge in [-0.3, -0.25) is 11.7 Å². The van der Waals surface area contributed by atoms with Crippen LogP contribution in [-0.2, 0) is 12.8 Å². The first kappa shape index (κ1) is 36.1. The summed E-state index contributed by atoms with van der Waals surface area (Å²) in [5, 5.41) is 2.47. The summed E-state index contributed by atoms with van der Waals surface area (Å²) < 4.78 is 6.59. The lowest BCUT2D eigenvalue weighted by molar-refractivity contribution is 0.669. The molecule has 8 aromatic rings. The van der Waals surface area contributed by atoms with E-state index >= 15 is 0 Å². The second-order valence-electron chi connectivity index (χ2n) is 13.1. The molecule has 1 heterocycles. The molecule has 0 aliphatic heterocycles. The van der Waals surface area contributed by atoms with E-state index in [1.165, 1.54) is 66.4 Å². The normalized spacial score (nSPS) is 12.0. The molecular weight excluding hydrogens is 657 g/mol. The van der Waals surface area contributed by atoms with Gasteiger partial charge in [-0.15, -0.1) is 0 Å². The highest BCUT2D eigenvalue weighted by molar-refractivity contribution is 6.12. The van der Waals surface area contributed by atoms with Gasteiger partial charge in [-0.2, -0.15) is 0 Å². The molecule has 0 bridgehead atoms. The Morgan fingerprint density at radius 2 is 1.22 bits per heavy atom. The third-order valence-electron chi connectivity index (χ3n) is 10.0. The Labute approximate surface area is 318 Å². The van der Waals surface area contributed by atoms with E-state index < -0.39 is 0 Å². The van der Waals surface area contributed by atoms with Crippen LogP contribution < -0.4 is 11.7 Å². The SMILES string of the molecule is C1=Cc2ccc3oc4c(-c5cccc(-c6cccc(C/C=C(\c7ccccc7)c7ccc(-c8ccccc8)cc7)c6)c5)cccc4c3c2CC1.CC.NN. The Morgan fingerprint density at radius 3 is 2.00 bits per heavy atom. The van der Waals surface area contributed by atoms with Gasteiger partial charge in [-0.25, -0.2) is 0 Å². The molecule has 0 radical (unpaired) electrons. The van der Waals surface area contributed by atoms with Crippen molar-refractivity contribution in [1.82, 2.24) is 0 Å². The number of rotatable bonds is 7. The number of fused-ring (bicyclic) bond motifs is 5. The van der Waals surface area contributed by atoms with Crippen molar-refractivity contribution in [3.05, 3.63) is 204 Å². The maximum absolute atomic E-state index is 6.59. The summed E-state index contributed by atoms with van der Waals surface area (Å²) in [4.78, 5) is 0. The van der Waals surface area contributed by atoms with Crippen molar-refractivity contribution in [3.63, 3.8) is 0 Å². The zero-order valence-corrected chi connectivity index (χ0v) is 31.0. The van der Waals surface area contributed by atoms with Crippen molar-refractivity contribution in [2.75, 3.05) is 0 Å². The molecule has 266 valence electrons. The molecule has 1 aliphatic rings. The van der Waals surface area contributed by atoms with Crippen molar-refractivity contribution in [1.29, 1.82) is 0 Å². The first-order chi connectivity index (χ1) is 26.8. The van der Waals surface area contributed by atoms with Gasteiger partial charge in [0, 0.05) is 16.3 Å². The minimum Gasteiger partial charge on any atom is -0.455 e. The second-order valence-corrected chi connectivity index (χ2v) is 13.1. The van der Waals surface area contributed by atoms with E-state index in [1.54, 1.807) is 0 Å². The van der Waals surface area contributed by atoms with Gasteiger partial charge in [0.25, 0.3) is 0 Å². The summed E-state index contributed by atoms with van der Waals surface area (Å²) in [6, 6.07) is 59.0. The molecule has 0 spiro atoms. The van der Waals surface area contributed by atoms with Crippen molar-refractivity contribution in [2.24, 2.45) is 11.7 Å². The topological polar surface area (TPSA) is 65.2 Å². The molecule has 3 nitrogen and oxygen atoms in total. The zero-order chi connectivity index (χ0) is 37.3. The van der Waals surface area contributed by atoms with Crippen LogP contribution >= 0.6 is 0 Å². The number of furan rings is 1. The van der Waals surface area contributed by atoms with E-state index in [0.29, 0.717) is 0 Å². The third-order valence-corrected chi connectivity index (χ3v) is 10.0. The number of hydrazine groups is 1. The molecule has 0 saturated carbocycles. The first-order valence-electron chi connectivity index (χ1n) is 18.9. The Kier molecular flexibility index (Phi) is 11.4. The molecule has 0 amide bonds. The molecule has 0 fully saturated rings. The number of hydrogen-bond donors (Lipinski definition) is 2. The van der Waals surface area contributed by atoms with Crippen LogP contribution in [0.25, 0.3) is 67.0 Å². The number of aryl methyl sites for hydroxylation is 1. The Bertz CT molecular complexity index is 2540. The minimum atomic E-state index is 0.829. The van der Waals surface area contributed by atoms with E-state index in [-0.39, 0.29) is 0 Å². The lowest BCUT2D eigenvalue weighted by Gasteiger charge is -2.11. The largest absolute Gasteiger partial charge is 0.455 e. The molecule has 0 unspecified atom stereocenters. The number of allylic oxidation sites excluding steroid dienone is 2. The van der Waals surface area contributed by atoms with Crippen molar-refractivity contribution in [3.8, 4) is 33.4 Å². The maximum atomic E-state index is 6.59. The van der Waals surface area contributed by atoms with Gasteiger partial charge < -0.3 is 4.42 Å². The van der Waals surface area contributed by atoms with Gasteiger partial charge in [0.15, 0.2) is 0 Å². The minimum absolute atomic E-state index is 0.829. The maximum Gasteiger partial charge on any atom is 0.143 e. The highest BCUT2D eigenvalue weighted by Gasteiger charge is 2.18. The van der Waals surface area contributed by atoms with Crippen molar-refractivity contribution in [2.45, 2.75) is 33.1 Å². The van der Waals surface area contributed by atoms with Crippen molar-refractivity contribution < 1.29 is 4.42 Å². The van der Waals surface area contributed by atoms with Gasteiger partial charge in [-0.05, 0) is 92.6 Å². The molecule has 1 aliphatic carbocycles. The summed E-state index contributed by atoms with van der Waals surface area (Å²) in [5.41, 5.74) is 16.8. The van der Waals surface area contributed by atoms with E-state index in [1.807, 2.05) is 13.8 Å². The molecule has 0 atom stereocenters. The molecule has 1 aromatic heterocycles. The lowest BCUT2D eigenvalue weighted by Crippen LogP contribution is -2.02. The van der Waals surface area contributed by atoms with E-state index in [4.69, 9.17) is 4.42 Å². The Hall–Kier alpha value is -6.26. The van der Waals surface area contributed by atoms with Gasteiger partial charge in [0.1, 0.15) is 11.2 Å². The molecular formula is C51H46N2O. The van der Waals surface area contributed by atoms with Gasteiger partial charge >= 0.3 is 0 Å². The molecule has 4 N–H and O–H groups in total. The molecule has 54 heavy (non-hydrogen) atoms. The van der Waals surface area contributed by atoms with Crippen LogP contribution in [0.4, 0.5) is 0 Å². The zero-order valence-electron chi connectivity index (χ0n) is 31.0. The molecule has 7 aromatic carbocycles. The summed E-state index contributed by atoms with van der Waals surface area (Å²) in [6.07, 6.45) is 9.85. The monoisotopic (exact) mass is 702 g/mol. The second kappa shape index (κ2) is 17.0.